The molecule has 0 aliphatic carbocycles. The highest BCUT2D eigenvalue weighted by Gasteiger charge is 2.00. The number of hydrogen-bond donors (Lipinski definition) is 2. The first kappa shape index (κ1) is 10.9. The number of nitrogens with two attached hydrogens (primary N) is 1. The van der Waals surface area contributed by atoms with Crippen LogP contribution in [0.3, 0.4) is 0 Å². The minimum atomic E-state index is -0.612. The van der Waals surface area contributed by atoms with Gasteiger partial charge in [0, 0.05) is 5.71 Å². The van der Waals surface area contributed by atoms with Crippen LogP contribution in [0.1, 0.15) is 33.6 Å². The molecular weight excluding hydrogens is 154 g/mol. The summed E-state index contributed by atoms with van der Waals surface area (Å²) in [6, 6.07) is -0.612. The summed E-state index contributed by atoms with van der Waals surface area (Å²) >= 11 is 0. The summed E-state index contributed by atoms with van der Waals surface area (Å²) in [5.74, 6) is 0.600. The molecule has 0 aromatic rings. The molecule has 0 aliphatic heterocycles. The number of primary amides is 1. The van der Waals surface area contributed by atoms with E-state index in [1.165, 1.54) is 0 Å². The van der Waals surface area contributed by atoms with Crippen molar-refractivity contribution >= 4 is 11.7 Å². The maximum Gasteiger partial charge on any atom is 0.332 e. The van der Waals surface area contributed by atoms with Gasteiger partial charge in [0.1, 0.15) is 0 Å². The molecule has 0 heterocycles. The van der Waals surface area contributed by atoms with Crippen molar-refractivity contribution in [3.05, 3.63) is 0 Å². The number of amides is 2. The van der Waals surface area contributed by atoms with Crippen molar-refractivity contribution in [3.63, 3.8) is 0 Å². The molecule has 70 valence electrons. The van der Waals surface area contributed by atoms with E-state index in [1.807, 2.05) is 6.92 Å². The molecule has 0 aliphatic rings. The average molecular weight is 171 g/mol. The maximum atomic E-state index is 10.3. The zero-order chi connectivity index (χ0) is 9.56. The minimum Gasteiger partial charge on any atom is -0.350 e. The first-order valence-electron chi connectivity index (χ1n) is 4.14. The lowest BCUT2D eigenvalue weighted by atomic mass is 10.0. The summed E-state index contributed by atoms with van der Waals surface area (Å²) in [6.07, 6.45) is 2.01. The quantitative estimate of drug-likeness (QED) is 0.488. The van der Waals surface area contributed by atoms with Crippen molar-refractivity contribution in [3.8, 4) is 0 Å². The van der Waals surface area contributed by atoms with Crippen molar-refractivity contribution < 1.29 is 4.79 Å². The van der Waals surface area contributed by atoms with Gasteiger partial charge in [0.05, 0.1) is 0 Å². The van der Waals surface area contributed by atoms with E-state index in [4.69, 9.17) is 5.73 Å². The SMILES string of the molecule is CC[C@@H](C)C/C(C)=N\NC(N)=O. The van der Waals surface area contributed by atoms with Gasteiger partial charge in [-0.3, -0.25) is 0 Å². The van der Waals surface area contributed by atoms with E-state index in [2.05, 4.69) is 24.4 Å². The molecule has 0 saturated heterocycles. The maximum absolute atomic E-state index is 10.3. The minimum absolute atomic E-state index is 0.600. The summed E-state index contributed by atoms with van der Waals surface area (Å²) < 4.78 is 0. The second-order valence-corrected chi connectivity index (χ2v) is 3.04. The normalized spacial score (nSPS) is 14.1. The van der Waals surface area contributed by atoms with Crippen molar-refractivity contribution in [1.29, 1.82) is 0 Å². The molecule has 1 atom stereocenters. The third-order valence-corrected chi connectivity index (χ3v) is 1.70. The van der Waals surface area contributed by atoms with Crippen LogP contribution in [-0.4, -0.2) is 11.7 Å². The van der Waals surface area contributed by atoms with E-state index in [0.717, 1.165) is 18.6 Å². The largest absolute Gasteiger partial charge is 0.350 e. The molecule has 4 heteroatoms. The standard InChI is InChI=1S/C8H17N3O/c1-4-6(2)5-7(3)10-11-8(9)12/h6H,4-5H2,1-3H3,(H3,9,11,12)/b10-7-/t6-/m1/s1. The van der Waals surface area contributed by atoms with Gasteiger partial charge in [0.25, 0.3) is 0 Å². The Morgan fingerprint density at radius 3 is 2.67 bits per heavy atom. The number of carbonyl (C=O) groups is 1. The number of nitrogens with one attached hydrogen (secondary N) is 1. The van der Waals surface area contributed by atoms with Gasteiger partial charge in [-0.05, 0) is 19.3 Å². The van der Waals surface area contributed by atoms with Gasteiger partial charge in [-0.25, -0.2) is 10.2 Å². The number of nitrogens with zero attached hydrogens (tertiary/aromatic N) is 1. The molecule has 2 amide bonds. The monoisotopic (exact) mass is 171 g/mol. The lowest BCUT2D eigenvalue weighted by molar-refractivity contribution is 0.249. The van der Waals surface area contributed by atoms with Crippen LogP contribution < -0.4 is 11.2 Å². The molecule has 0 fully saturated rings. The van der Waals surface area contributed by atoms with Gasteiger partial charge < -0.3 is 5.73 Å². The van der Waals surface area contributed by atoms with Gasteiger partial charge in [-0.15, -0.1) is 0 Å². The fraction of sp³-hybridized carbons (Fsp3) is 0.750. The number of hydrogen-bond acceptors (Lipinski definition) is 2. The fourth-order valence-electron chi connectivity index (χ4n) is 0.845. The highest BCUT2D eigenvalue weighted by molar-refractivity contribution is 5.83. The van der Waals surface area contributed by atoms with E-state index < -0.39 is 6.03 Å². The number of rotatable bonds is 4. The zero-order valence-corrected chi connectivity index (χ0v) is 7.92. The lowest BCUT2D eigenvalue weighted by Gasteiger charge is -2.06. The van der Waals surface area contributed by atoms with E-state index in [1.54, 1.807) is 0 Å². The Bertz CT molecular complexity index is 177. The van der Waals surface area contributed by atoms with Crippen LogP contribution in [0, 0.1) is 5.92 Å². The lowest BCUT2D eigenvalue weighted by Crippen LogP contribution is -2.25. The molecule has 0 unspecified atom stereocenters. The van der Waals surface area contributed by atoms with Crippen molar-refractivity contribution in [2.45, 2.75) is 33.6 Å². The first-order chi connectivity index (χ1) is 5.56. The summed E-state index contributed by atoms with van der Waals surface area (Å²) in [7, 11) is 0. The van der Waals surface area contributed by atoms with Gasteiger partial charge in [0.2, 0.25) is 0 Å². The molecule has 12 heavy (non-hydrogen) atoms. The van der Waals surface area contributed by atoms with Gasteiger partial charge >= 0.3 is 6.03 Å². The van der Waals surface area contributed by atoms with E-state index in [9.17, 15) is 4.79 Å². The number of urea groups is 1. The van der Waals surface area contributed by atoms with Crippen LogP contribution in [0.2, 0.25) is 0 Å². The predicted molar refractivity (Wildman–Crippen MR) is 49.9 cm³/mol. The molecule has 0 saturated carbocycles. The Kier molecular flexibility index (Phi) is 5.08. The molecule has 0 radical (unpaired) electrons. The molecule has 4 nitrogen and oxygen atoms in total. The Labute approximate surface area is 73.2 Å². The van der Waals surface area contributed by atoms with Gasteiger partial charge in [-0.2, -0.15) is 5.10 Å². The number of hydrazone groups is 1. The van der Waals surface area contributed by atoms with E-state index in [-0.39, 0.29) is 0 Å². The Morgan fingerprint density at radius 2 is 2.25 bits per heavy atom. The van der Waals surface area contributed by atoms with E-state index in [0.29, 0.717) is 5.92 Å². The van der Waals surface area contributed by atoms with Crippen LogP contribution in [0.4, 0.5) is 4.79 Å². The molecular formula is C8H17N3O. The second-order valence-electron chi connectivity index (χ2n) is 3.04. The Morgan fingerprint density at radius 1 is 1.67 bits per heavy atom. The summed E-state index contributed by atoms with van der Waals surface area (Å²) in [5, 5.41) is 3.80. The molecule has 0 aromatic carbocycles. The third kappa shape index (κ3) is 5.70. The molecule has 0 aromatic heterocycles. The summed E-state index contributed by atoms with van der Waals surface area (Å²) in [4.78, 5) is 10.3. The van der Waals surface area contributed by atoms with Gasteiger partial charge in [-0.1, -0.05) is 20.3 Å². The highest BCUT2D eigenvalue weighted by atomic mass is 16.2. The zero-order valence-electron chi connectivity index (χ0n) is 7.92. The van der Waals surface area contributed by atoms with Crippen LogP contribution in [0.15, 0.2) is 5.10 Å². The topological polar surface area (TPSA) is 67.5 Å². The second kappa shape index (κ2) is 5.57. The van der Waals surface area contributed by atoms with Crippen LogP contribution in [0.25, 0.3) is 0 Å². The smallest absolute Gasteiger partial charge is 0.332 e. The van der Waals surface area contributed by atoms with Crippen molar-refractivity contribution in [2.24, 2.45) is 16.8 Å². The molecule has 0 rings (SSSR count). The number of carbonyl (C=O) groups excluding carboxylic acids is 1. The van der Waals surface area contributed by atoms with Crippen LogP contribution in [0.5, 0.6) is 0 Å². The van der Waals surface area contributed by atoms with Crippen LogP contribution in [-0.2, 0) is 0 Å². The third-order valence-electron chi connectivity index (χ3n) is 1.70. The fourth-order valence-corrected chi connectivity index (χ4v) is 0.845. The average Bonchev–Trinajstić information content (AvgIpc) is 2.00. The molecule has 3 N–H and O–H groups in total. The Hall–Kier alpha value is -1.06. The molecule has 0 bridgehead atoms. The Balaban J connectivity index is 3.77. The van der Waals surface area contributed by atoms with E-state index >= 15 is 0 Å². The summed E-state index contributed by atoms with van der Waals surface area (Å²) in [5.41, 5.74) is 7.95. The van der Waals surface area contributed by atoms with Crippen molar-refractivity contribution in [1.82, 2.24) is 5.43 Å². The predicted octanol–water partition coefficient (Wildman–Crippen LogP) is 1.47. The highest BCUT2D eigenvalue weighted by Crippen LogP contribution is 2.06. The van der Waals surface area contributed by atoms with Gasteiger partial charge in [0.15, 0.2) is 0 Å². The van der Waals surface area contributed by atoms with Crippen molar-refractivity contribution in [2.75, 3.05) is 0 Å². The van der Waals surface area contributed by atoms with Crippen LogP contribution >= 0.6 is 0 Å². The summed E-state index contributed by atoms with van der Waals surface area (Å²) in [6.45, 7) is 6.14. The molecule has 0 spiro atoms. The first-order valence-corrected chi connectivity index (χ1v) is 4.14.